The third kappa shape index (κ3) is 4.44. The molecular weight excluding hydrogens is 230 g/mol. The molecule has 0 bridgehead atoms. The van der Waals surface area contributed by atoms with Crippen molar-refractivity contribution in [3.8, 4) is 0 Å². The number of nitrogens with one attached hydrogen (secondary N) is 1. The summed E-state index contributed by atoms with van der Waals surface area (Å²) in [4.78, 5) is 0. The molecule has 0 spiro atoms. The number of aryl methyl sites for hydroxylation is 1. The van der Waals surface area contributed by atoms with Crippen molar-refractivity contribution in [1.29, 1.82) is 0 Å². The van der Waals surface area contributed by atoms with Crippen molar-refractivity contribution in [2.24, 2.45) is 0 Å². The predicted octanol–water partition coefficient (Wildman–Crippen LogP) is 2.26. The highest BCUT2D eigenvalue weighted by molar-refractivity contribution is 5.13. The number of rotatable bonds is 8. The minimum absolute atomic E-state index is 0.337. The van der Waals surface area contributed by atoms with Gasteiger partial charge in [-0.15, -0.1) is 0 Å². The molecule has 1 atom stereocenters. The second-order valence-electron chi connectivity index (χ2n) is 4.77. The standard InChI is InChI=1S/C14H23NO3/c1-12-5-9-18-14(12)10-15-6-3-7-16-11-13-4-2-8-17-13/h5,9,13,15H,2-4,6-8,10-11H2,1H3. The Balaban J connectivity index is 1.43. The van der Waals surface area contributed by atoms with Gasteiger partial charge in [-0.2, -0.15) is 0 Å². The highest BCUT2D eigenvalue weighted by Crippen LogP contribution is 2.11. The van der Waals surface area contributed by atoms with Crippen molar-refractivity contribution in [2.45, 2.75) is 38.8 Å². The van der Waals surface area contributed by atoms with E-state index in [9.17, 15) is 0 Å². The second kappa shape index (κ2) is 7.56. The first-order chi connectivity index (χ1) is 8.86. The summed E-state index contributed by atoms with van der Waals surface area (Å²) < 4.78 is 16.4. The summed E-state index contributed by atoms with van der Waals surface area (Å²) >= 11 is 0. The van der Waals surface area contributed by atoms with E-state index in [4.69, 9.17) is 13.9 Å². The van der Waals surface area contributed by atoms with Crippen LogP contribution in [0, 0.1) is 6.92 Å². The summed E-state index contributed by atoms with van der Waals surface area (Å²) in [7, 11) is 0. The minimum atomic E-state index is 0.337. The zero-order chi connectivity index (χ0) is 12.6. The quantitative estimate of drug-likeness (QED) is 0.722. The first-order valence-corrected chi connectivity index (χ1v) is 6.79. The van der Waals surface area contributed by atoms with Crippen LogP contribution in [0.3, 0.4) is 0 Å². The van der Waals surface area contributed by atoms with Crippen LogP contribution in [-0.2, 0) is 16.0 Å². The number of furan rings is 1. The van der Waals surface area contributed by atoms with Gasteiger partial charge in [0, 0.05) is 13.2 Å². The Bertz CT molecular complexity index is 332. The molecule has 102 valence electrons. The van der Waals surface area contributed by atoms with Crippen molar-refractivity contribution in [3.63, 3.8) is 0 Å². The molecule has 18 heavy (non-hydrogen) atoms. The second-order valence-corrected chi connectivity index (χ2v) is 4.77. The Morgan fingerprint density at radius 2 is 2.44 bits per heavy atom. The van der Waals surface area contributed by atoms with Gasteiger partial charge in [-0.05, 0) is 44.4 Å². The van der Waals surface area contributed by atoms with Crippen LogP contribution in [0.5, 0.6) is 0 Å². The van der Waals surface area contributed by atoms with Gasteiger partial charge in [0.2, 0.25) is 0 Å². The monoisotopic (exact) mass is 253 g/mol. The largest absolute Gasteiger partial charge is 0.468 e. The van der Waals surface area contributed by atoms with Crippen molar-refractivity contribution < 1.29 is 13.9 Å². The van der Waals surface area contributed by atoms with E-state index in [-0.39, 0.29) is 0 Å². The molecule has 1 saturated heterocycles. The van der Waals surface area contributed by atoms with Crippen LogP contribution < -0.4 is 5.32 Å². The van der Waals surface area contributed by atoms with Crippen molar-refractivity contribution in [2.75, 3.05) is 26.4 Å². The van der Waals surface area contributed by atoms with Crippen LogP contribution in [-0.4, -0.2) is 32.5 Å². The lowest BCUT2D eigenvalue weighted by Crippen LogP contribution is -2.19. The summed E-state index contributed by atoms with van der Waals surface area (Å²) in [5.74, 6) is 1.02. The van der Waals surface area contributed by atoms with Gasteiger partial charge in [-0.3, -0.25) is 0 Å². The van der Waals surface area contributed by atoms with Crippen LogP contribution >= 0.6 is 0 Å². The highest BCUT2D eigenvalue weighted by Gasteiger charge is 2.14. The molecule has 2 rings (SSSR count). The van der Waals surface area contributed by atoms with Crippen LogP contribution in [0.25, 0.3) is 0 Å². The molecule has 4 heteroatoms. The smallest absolute Gasteiger partial charge is 0.120 e. The van der Waals surface area contributed by atoms with Gasteiger partial charge >= 0.3 is 0 Å². The zero-order valence-electron chi connectivity index (χ0n) is 11.1. The van der Waals surface area contributed by atoms with E-state index in [2.05, 4.69) is 12.2 Å². The van der Waals surface area contributed by atoms with E-state index < -0.39 is 0 Å². The number of hydrogen-bond donors (Lipinski definition) is 1. The van der Waals surface area contributed by atoms with Crippen molar-refractivity contribution >= 4 is 0 Å². The molecule has 0 radical (unpaired) electrons. The molecule has 1 fully saturated rings. The first kappa shape index (κ1) is 13.6. The molecule has 1 aliphatic heterocycles. The summed E-state index contributed by atoms with van der Waals surface area (Å²) in [6.07, 6.45) is 5.42. The van der Waals surface area contributed by atoms with E-state index in [1.54, 1.807) is 6.26 Å². The zero-order valence-corrected chi connectivity index (χ0v) is 11.1. The highest BCUT2D eigenvalue weighted by atomic mass is 16.5. The molecule has 0 aliphatic carbocycles. The van der Waals surface area contributed by atoms with E-state index in [1.807, 2.05) is 6.07 Å². The van der Waals surface area contributed by atoms with E-state index in [0.29, 0.717) is 6.10 Å². The SMILES string of the molecule is Cc1ccoc1CNCCCOCC1CCCO1. The van der Waals surface area contributed by atoms with Crippen LogP contribution in [0.4, 0.5) is 0 Å². The van der Waals surface area contributed by atoms with Crippen LogP contribution in [0.15, 0.2) is 16.7 Å². The van der Waals surface area contributed by atoms with E-state index in [1.165, 1.54) is 12.0 Å². The summed E-state index contributed by atoms with van der Waals surface area (Å²) in [6, 6.07) is 1.99. The molecular formula is C14H23NO3. The molecule has 0 aromatic carbocycles. The Kier molecular flexibility index (Phi) is 5.71. The van der Waals surface area contributed by atoms with E-state index in [0.717, 1.165) is 51.5 Å². The molecule has 2 heterocycles. The topological polar surface area (TPSA) is 43.6 Å². The van der Waals surface area contributed by atoms with Gasteiger partial charge in [0.05, 0.1) is 25.5 Å². The fourth-order valence-corrected chi connectivity index (χ4v) is 2.08. The van der Waals surface area contributed by atoms with Crippen molar-refractivity contribution in [3.05, 3.63) is 23.7 Å². The average Bonchev–Trinajstić information content (AvgIpc) is 3.00. The van der Waals surface area contributed by atoms with Gasteiger partial charge in [0.15, 0.2) is 0 Å². The van der Waals surface area contributed by atoms with Gasteiger partial charge < -0.3 is 19.2 Å². The maximum Gasteiger partial charge on any atom is 0.120 e. The minimum Gasteiger partial charge on any atom is -0.468 e. The lowest BCUT2D eigenvalue weighted by atomic mass is 10.2. The van der Waals surface area contributed by atoms with Gasteiger partial charge in [-0.25, -0.2) is 0 Å². The molecule has 1 N–H and O–H groups in total. The Morgan fingerprint density at radius 1 is 1.50 bits per heavy atom. The Hall–Kier alpha value is -0.840. The van der Waals surface area contributed by atoms with Crippen LogP contribution in [0.2, 0.25) is 0 Å². The van der Waals surface area contributed by atoms with Gasteiger partial charge in [-0.1, -0.05) is 0 Å². The van der Waals surface area contributed by atoms with E-state index >= 15 is 0 Å². The van der Waals surface area contributed by atoms with Crippen molar-refractivity contribution in [1.82, 2.24) is 5.32 Å². The van der Waals surface area contributed by atoms with Crippen LogP contribution in [0.1, 0.15) is 30.6 Å². The third-order valence-electron chi connectivity index (χ3n) is 3.22. The maximum absolute atomic E-state index is 5.59. The molecule has 0 amide bonds. The predicted molar refractivity (Wildman–Crippen MR) is 69.6 cm³/mol. The lowest BCUT2D eigenvalue weighted by Gasteiger charge is -2.10. The molecule has 1 aliphatic rings. The average molecular weight is 253 g/mol. The molecule has 0 saturated carbocycles. The number of ether oxygens (including phenoxy) is 2. The fourth-order valence-electron chi connectivity index (χ4n) is 2.08. The maximum atomic E-state index is 5.59. The molecule has 1 unspecified atom stereocenters. The summed E-state index contributed by atoms with van der Waals surface area (Å²) in [5, 5.41) is 3.35. The first-order valence-electron chi connectivity index (χ1n) is 6.79. The summed E-state index contributed by atoms with van der Waals surface area (Å²) in [6.45, 7) is 6.25. The number of hydrogen-bond acceptors (Lipinski definition) is 4. The lowest BCUT2D eigenvalue weighted by molar-refractivity contribution is 0.0166. The summed E-state index contributed by atoms with van der Waals surface area (Å²) in [5.41, 5.74) is 1.21. The van der Waals surface area contributed by atoms with Gasteiger partial charge in [0.1, 0.15) is 5.76 Å². The normalized spacial score (nSPS) is 19.5. The Morgan fingerprint density at radius 3 is 3.17 bits per heavy atom. The molecule has 1 aromatic rings. The molecule has 1 aromatic heterocycles. The third-order valence-corrected chi connectivity index (χ3v) is 3.22. The Labute approximate surface area is 109 Å². The molecule has 4 nitrogen and oxygen atoms in total. The van der Waals surface area contributed by atoms with Gasteiger partial charge in [0.25, 0.3) is 0 Å². The fraction of sp³-hybridized carbons (Fsp3) is 0.714.